The molecule has 0 saturated carbocycles. The monoisotopic (exact) mass is 449 g/mol. The summed E-state index contributed by atoms with van der Waals surface area (Å²) in [7, 11) is -3.02. The van der Waals surface area contributed by atoms with Crippen LogP contribution in [0.3, 0.4) is 0 Å². The minimum absolute atomic E-state index is 0.00676. The highest BCUT2D eigenvalue weighted by Gasteiger charge is 2.36. The Labute approximate surface area is 186 Å². The lowest BCUT2D eigenvalue weighted by molar-refractivity contribution is -0.140. The molecule has 2 aliphatic rings. The molecular formula is C23H35N3O4S. The Hall–Kier alpha value is -1.93. The van der Waals surface area contributed by atoms with Crippen LogP contribution < -0.4 is 5.32 Å². The maximum absolute atomic E-state index is 13.5. The van der Waals surface area contributed by atoms with Crippen LogP contribution in [0.4, 0.5) is 0 Å². The second-order valence-electron chi connectivity index (χ2n) is 8.60. The fourth-order valence-corrected chi connectivity index (χ4v) is 5.63. The van der Waals surface area contributed by atoms with Crippen molar-refractivity contribution in [3.05, 3.63) is 35.9 Å². The molecule has 0 aliphatic carbocycles. The van der Waals surface area contributed by atoms with Gasteiger partial charge in [0.2, 0.25) is 11.8 Å². The third kappa shape index (κ3) is 6.53. The zero-order valence-electron chi connectivity index (χ0n) is 18.5. The molecule has 7 nitrogen and oxygen atoms in total. The van der Waals surface area contributed by atoms with Crippen molar-refractivity contribution in [2.24, 2.45) is 5.92 Å². The summed E-state index contributed by atoms with van der Waals surface area (Å²) < 4.78 is 23.8. The molecule has 172 valence electrons. The van der Waals surface area contributed by atoms with E-state index in [0.717, 1.165) is 31.4 Å². The first kappa shape index (κ1) is 23.7. The summed E-state index contributed by atoms with van der Waals surface area (Å²) in [4.78, 5) is 29.8. The molecule has 2 heterocycles. The van der Waals surface area contributed by atoms with Crippen LogP contribution in [0.15, 0.2) is 30.3 Å². The lowest BCUT2D eigenvalue weighted by Crippen LogP contribution is -2.51. The highest BCUT2D eigenvalue weighted by molar-refractivity contribution is 7.91. The molecule has 3 rings (SSSR count). The molecule has 2 saturated heterocycles. The van der Waals surface area contributed by atoms with Gasteiger partial charge in [0.05, 0.1) is 11.5 Å². The van der Waals surface area contributed by atoms with Crippen LogP contribution in [-0.4, -0.2) is 74.3 Å². The zero-order valence-corrected chi connectivity index (χ0v) is 19.3. The summed E-state index contributed by atoms with van der Waals surface area (Å²) >= 11 is 0. The number of nitrogens with one attached hydrogen (secondary N) is 1. The predicted octanol–water partition coefficient (Wildman–Crippen LogP) is 2.00. The average molecular weight is 450 g/mol. The van der Waals surface area contributed by atoms with E-state index in [4.69, 9.17) is 0 Å². The number of benzene rings is 1. The number of carbonyl (C=O) groups is 2. The van der Waals surface area contributed by atoms with Gasteiger partial charge in [0.15, 0.2) is 9.84 Å². The van der Waals surface area contributed by atoms with E-state index < -0.39 is 15.9 Å². The number of likely N-dealkylation sites (tertiary alicyclic amines) is 1. The molecule has 0 spiro atoms. The van der Waals surface area contributed by atoms with Crippen molar-refractivity contribution in [2.45, 2.75) is 45.1 Å². The van der Waals surface area contributed by atoms with Crippen molar-refractivity contribution in [3.63, 3.8) is 0 Å². The smallest absolute Gasteiger partial charge is 0.244 e. The normalized spacial score (nSPS) is 20.9. The van der Waals surface area contributed by atoms with Crippen LogP contribution in [0.2, 0.25) is 0 Å². The lowest BCUT2D eigenvalue weighted by Gasteiger charge is -2.39. The maximum Gasteiger partial charge on any atom is 0.244 e. The van der Waals surface area contributed by atoms with Gasteiger partial charge in [-0.1, -0.05) is 50.1 Å². The van der Waals surface area contributed by atoms with Crippen LogP contribution in [0.1, 0.15) is 50.6 Å². The molecule has 8 heteroatoms. The van der Waals surface area contributed by atoms with E-state index in [1.807, 2.05) is 40.1 Å². The molecular weight excluding hydrogens is 414 g/mol. The third-order valence-corrected chi connectivity index (χ3v) is 7.96. The Kier molecular flexibility index (Phi) is 8.49. The molecule has 1 unspecified atom stereocenters. The summed E-state index contributed by atoms with van der Waals surface area (Å²) in [5, 5.41) is 3.03. The van der Waals surface area contributed by atoms with E-state index in [9.17, 15) is 18.0 Å². The van der Waals surface area contributed by atoms with E-state index >= 15 is 0 Å². The minimum Gasteiger partial charge on any atom is -0.356 e. The number of hydrogen-bond acceptors (Lipinski definition) is 5. The molecule has 1 aromatic rings. The molecule has 2 fully saturated rings. The fourth-order valence-electron chi connectivity index (χ4n) is 4.40. The van der Waals surface area contributed by atoms with Crippen molar-refractivity contribution in [2.75, 3.05) is 44.2 Å². The highest BCUT2D eigenvalue weighted by Crippen LogP contribution is 2.28. The van der Waals surface area contributed by atoms with Gasteiger partial charge in [-0.05, 0) is 24.8 Å². The number of unbranched alkanes of at least 4 members (excludes halogenated alkanes) is 2. The molecule has 1 N–H and O–H groups in total. The Morgan fingerprint density at radius 1 is 1.03 bits per heavy atom. The van der Waals surface area contributed by atoms with Crippen molar-refractivity contribution in [3.8, 4) is 0 Å². The number of sulfone groups is 1. The summed E-state index contributed by atoms with van der Waals surface area (Å²) in [6, 6.07) is 9.12. The van der Waals surface area contributed by atoms with Crippen LogP contribution >= 0.6 is 0 Å². The van der Waals surface area contributed by atoms with E-state index in [1.165, 1.54) is 0 Å². The molecule has 2 aliphatic heterocycles. The Morgan fingerprint density at radius 3 is 2.29 bits per heavy atom. The topological polar surface area (TPSA) is 86.8 Å². The quantitative estimate of drug-likeness (QED) is 0.614. The van der Waals surface area contributed by atoms with E-state index in [0.29, 0.717) is 39.0 Å². The number of hydrogen-bond donors (Lipinski definition) is 1. The first-order valence-electron chi connectivity index (χ1n) is 11.5. The van der Waals surface area contributed by atoms with Gasteiger partial charge in [-0.15, -0.1) is 0 Å². The minimum atomic E-state index is -3.02. The Bertz CT molecular complexity index is 822. The van der Waals surface area contributed by atoms with Crippen LogP contribution in [0.25, 0.3) is 0 Å². The van der Waals surface area contributed by atoms with Gasteiger partial charge in [-0.3, -0.25) is 14.5 Å². The van der Waals surface area contributed by atoms with Gasteiger partial charge in [0.25, 0.3) is 0 Å². The Balaban J connectivity index is 1.61. The molecule has 1 atom stereocenters. The van der Waals surface area contributed by atoms with E-state index in [1.54, 1.807) is 0 Å². The average Bonchev–Trinajstić information content (AvgIpc) is 2.78. The third-order valence-electron chi connectivity index (χ3n) is 6.35. The molecule has 31 heavy (non-hydrogen) atoms. The van der Waals surface area contributed by atoms with Crippen LogP contribution in [-0.2, 0) is 19.4 Å². The molecule has 1 aromatic carbocycles. The zero-order chi connectivity index (χ0) is 22.3. The standard InChI is InChI=1S/C23H35N3O4S/c1-2-3-7-12-24-22(27)20-10-13-26(14-11-20)23(28)21(19-8-5-4-6-9-19)25-15-17-31(29,30)18-16-25/h4-6,8-9,20-21H,2-3,7,10-18H2,1H3,(H,24,27). The number of amides is 2. The van der Waals surface area contributed by atoms with Gasteiger partial charge < -0.3 is 10.2 Å². The molecule has 2 amide bonds. The number of nitrogens with zero attached hydrogens (tertiary/aromatic N) is 2. The highest BCUT2D eigenvalue weighted by atomic mass is 32.2. The first-order chi connectivity index (χ1) is 14.9. The fraction of sp³-hybridized carbons (Fsp3) is 0.652. The van der Waals surface area contributed by atoms with Crippen LogP contribution in [0, 0.1) is 5.92 Å². The molecule has 0 aromatic heterocycles. The predicted molar refractivity (Wildman–Crippen MR) is 121 cm³/mol. The largest absolute Gasteiger partial charge is 0.356 e. The number of piperidine rings is 1. The van der Waals surface area contributed by atoms with Gasteiger partial charge in [-0.25, -0.2) is 8.42 Å². The molecule has 0 bridgehead atoms. The Morgan fingerprint density at radius 2 is 1.68 bits per heavy atom. The van der Waals surface area contributed by atoms with Crippen molar-refractivity contribution in [1.82, 2.24) is 15.1 Å². The number of carbonyl (C=O) groups excluding carboxylic acids is 2. The number of rotatable bonds is 8. The van der Waals surface area contributed by atoms with Crippen molar-refractivity contribution >= 4 is 21.7 Å². The summed E-state index contributed by atoms with van der Waals surface area (Å²) in [5.41, 5.74) is 0.891. The van der Waals surface area contributed by atoms with Gasteiger partial charge in [0.1, 0.15) is 6.04 Å². The second kappa shape index (κ2) is 11.1. The summed E-state index contributed by atoms with van der Waals surface area (Å²) in [6.07, 6.45) is 4.58. The SMILES string of the molecule is CCCCCNC(=O)C1CCN(C(=O)C(c2ccccc2)N2CCS(=O)(=O)CC2)CC1. The maximum atomic E-state index is 13.5. The van der Waals surface area contributed by atoms with Gasteiger partial charge in [-0.2, -0.15) is 0 Å². The van der Waals surface area contributed by atoms with Crippen molar-refractivity contribution < 1.29 is 18.0 Å². The summed E-state index contributed by atoms with van der Waals surface area (Å²) in [5.74, 6) is 0.241. The second-order valence-corrected chi connectivity index (χ2v) is 10.9. The van der Waals surface area contributed by atoms with Gasteiger partial charge in [0, 0.05) is 38.6 Å². The van der Waals surface area contributed by atoms with Crippen LogP contribution in [0.5, 0.6) is 0 Å². The summed E-state index contributed by atoms with van der Waals surface area (Å²) in [6.45, 7) is 4.71. The van der Waals surface area contributed by atoms with Crippen molar-refractivity contribution in [1.29, 1.82) is 0 Å². The van der Waals surface area contributed by atoms with Gasteiger partial charge >= 0.3 is 0 Å². The van der Waals surface area contributed by atoms with E-state index in [2.05, 4.69) is 12.2 Å². The van der Waals surface area contributed by atoms with E-state index in [-0.39, 0.29) is 29.2 Å². The molecule has 0 radical (unpaired) electrons. The lowest BCUT2D eigenvalue weighted by atomic mass is 9.94. The first-order valence-corrected chi connectivity index (χ1v) is 13.3.